The third-order valence-electron chi connectivity index (χ3n) is 4.74. The molecule has 1 aliphatic rings. The molecule has 0 unspecified atom stereocenters. The molecule has 1 aliphatic heterocycles. The summed E-state index contributed by atoms with van der Waals surface area (Å²) in [7, 11) is 1.72. The van der Waals surface area contributed by atoms with Crippen molar-refractivity contribution in [3.8, 4) is 5.69 Å². The second kappa shape index (κ2) is 8.97. The highest BCUT2D eigenvalue weighted by atomic mass is 35.5. The van der Waals surface area contributed by atoms with E-state index < -0.39 is 10.8 Å². The molecule has 0 aliphatic carbocycles. The van der Waals surface area contributed by atoms with Crippen LogP contribution in [0.25, 0.3) is 5.69 Å². The number of non-ortho nitro benzene ring substituents is 1. The number of nitrogens with zero attached hydrogens (tertiary/aromatic N) is 7. The van der Waals surface area contributed by atoms with E-state index in [1.54, 1.807) is 13.1 Å². The van der Waals surface area contributed by atoms with Gasteiger partial charge in [-0.2, -0.15) is 10.1 Å². The molecule has 13 heteroatoms. The number of halogens is 1. The first-order valence-corrected chi connectivity index (χ1v) is 9.11. The fourth-order valence-electron chi connectivity index (χ4n) is 3.17. The highest BCUT2D eigenvalue weighted by Gasteiger charge is 2.22. The predicted octanol–water partition coefficient (Wildman–Crippen LogP) is 1.45. The number of anilines is 1. The van der Waals surface area contributed by atoms with Gasteiger partial charge in [0.15, 0.2) is 11.5 Å². The Bertz CT molecular complexity index is 1060. The Kier molecular flexibility index (Phi) is 6.37. The van der Waals surface area contributed by atoms with Gasteiger partial charge in [0.25, 0.3) is 11.6 Å². The summed E-state index contributed by atoms with van der Waals surface area (Å²) in [5, 5.41) is 29.1. The lowest BCUT2D eigenvalue weighted by Crippen LogP contribution is -2.27. The van der Waals surface area contributed by atoms with E-state index >= 15 is 0 Å². The van der Waals surface area contributed by atoms with Crippen molar-refractivity contribution >= 4 is 29.9 Å². The largest absolute Gasteiger partial charge is 0.317 e. The van der Waals surface area contributed by atoms with Crippen LogP contribution in [0.3, 0.4) is 0 Å². The van der Waals surface area contributed by atoms with E-state index in [2.05, 4.69) is 31.0 Å². The van der Waals surface area contributed by atoms with Crippen molar-refractivity contribution in [2.45, 2.75) is 18.8 Å². The Morgan fingerprint density at radius 1 is 1.33 bits per heavy atom. The van der Waals surface area contributed by atoms with Gasteiger partial charge in [-0.15, -0.1) is 17.5 Å². The van der Waals surface area contributed by atoms with Gasteiger partial charge >= 0.3 is 0 Å². The topological polar surface area (TPSA) is 146 Å². The minimum atomic E-state index is -0.498. The zero-order valence-corrected chi connectivity index (χ0v) is 16.9. The standard InChI is InChI=1S/C17H19N9O3.ClH/c1-24-17(19-15(22-24)11-5-7-18-8-6-11)20-16(27)14-10-25(23-21-14)12-3-2-4-13(9-12)26(28)29;/h2-4,9-11,18H,5-8H2,1H3,(H,19,20,22,27);1H. The van der Waals surface area contributed by atoms with Crippen LogP contribution < -0.4 is 10.6 Å². The summed E-state index contributed by atoms with van der Waals surface area (Å²) in [5.74, 6) is 0.815. The summed E-state index contributed by atoms with van der Waals surface area (Å²) in [6.07, 6.45) is 3.31. The normalized spacial score (nSPS) is 14.2. The molecule has 30 heavy (non-hydrogen) atoms. The zero-order chi connectivity index (χ0) is 20.4. The molecule has 2 N–H and O–H groups in total. The van der Waals surface area contributed by atoms with Crippen molar-refractivity contribution in [1.82, 2.24) is 35.1 Å². The van der Waals surface area contributed by atoms with Gasteiger partial charge in [-0.3, -0.25) is 20.2 Å². The summed E-state index contributed by atoms with van der Waals surface area (Å²) >= 11 is 0. The molecule has 1 saturated heterocycles. The summed E-state index contributed by atoms with van der Waals surface area (Å²) in [4.78, 5) is 27.4. The van der Waals surface area contributed by atoms with Crippen LogP contribution >= 0.6 is 12.4 Å². The van der Waals surface area contributed by atoms with Crippen LogP contribution in [0.5, 0.6) is 0 Å². The molecule has 1 fully saturated rings. The fourth-order valence-corrected chi connectivity index (χ4v) is 3.17. The third kappa shape index (κ3) is 4.44. The van der Waals surface area contributed by atoms with E-state index in [4.69, 9.17) is 0 Å². The lowest BCUT2D eigenvalue weighted by atomic mass is 9.98. The number of hydrogen-bond donors (Lipinski definition) is 2. The average Bonchev–Trinajstić information content (AvgIpc) is 3.36. The molecule has 0 spiro atoms. The SMILES string of the molecule is Cl.Cn1nc(C2CCNCC2)nc1NC(=O)c1cn(-c2cccc([N+](=O)[O-])c2)nn1. The number of piperidine rings is 1. The first-order chi connectivity index (χ1) is 14.0. The molecule has 0 bridgehead atoms. The maximum Gasteiger partial charge on any atom is 0.280 e. The quantitative estimate of drug-likeness (QED) is 0.454. The van der Waals surface area contributed by atoms with Crippen molar-refractivity contribution in [2.75, 3.05) is 18.4 Å². The average molecular weight is 434 g/mol. The maximum atomic E-state index is 12.5. The fraction of sp³-hybridized carbons (Fsp3) is 0.353. The van der Waals surface area contributed by atoms with Crippen LogP contribution in [0.2, 0.25) is 0 Å². The molecule has 12 nitrogen and oxygen atoms in total. The number of carbonyl (C=O) groups excluding carboxylic acids is 1. The van der Waals surface area contributed by atoms with Crippen molar-refractivity contribution in [3.05, 3.63) is 52.1 Å². The number of amides is 1. The number of hydrogen-bond acceptors (Lipinski definition) is 8. The summed E-state index contributed by atoms with van der Waals surface area (Å²) in [6.45, 7) is 1.84. The number of nitrogens with one attached hydrogen (secondary N) is 2. The smallest absolute Gasteiger partial charge is 0.280 e. The monoisotopic (exact) mass is 433 g/mol. The number of aromatic nitrogens is 6. The van der Waals surface area contributed by atoms with E-state index in [1.807, 2.05) is 0 Å². The van der Waals surface area contributed by atoms with Gasteiger partial charge in [0.1, 0.15) is 0 Å². The van der Waals surface area contributed by atoms with Gasteiger partial charge in [-0.05, 0) is 32.0 Å². The molecule has 2 aromatic heterocycles. The van der Waals surface area contributed by atoms with Crippen LogP contribution in [-0.2, 0) is 7.05 Å². The van der Waals surface area contributed by atoms with Gasteiger partial charge < -0.3 is 5.32 Å². The molecule has 1 amide bonds. The Morgan fingerprint density at radius 3 is 2.83 bits per heavy atom. The third-order valence-corrected chi connectivity index (χ3v) is 4.74. The maximum absolute atomic E-state index is 12.5. The molecule has 0 saturated carbocycles. The highest BCUT2D eigenvalue weighted by Crippen LogP contribution is 2.23. The lowest BCUT2D eigenvalue weighted by Gasteiger charge is -2.19. The van der Waals surface area contributed by atoms with E-state index in [0.29, 0.717) is 17.5 Å². The molecule has 3 heterocycles. The van der Waals surface area contributed by atoms with E-state index in [-0.39, 0.29) is 29.7 Å². The number of rotatable bonds is 5. The van der Waals surface area contributed by atoms with Gasteiger partial charge in [0.2, 0.25) is 5.95 Å². The minimum absolute atomic E-state index is 0. The Balaban J connectivity index is 0.00000256. The molecule has 3 aromatic rings. The lowest BCUT2D eigenvalue weighted by molar-refractivity contribution is -0.384. The van der Waals surface area contributed by atoms with E-state index in [0.717, 1.165) is 25.9 Å². The van der Waals surface area contributed by atoms with Crippen molar-refractivity contribution < 1.29 is 9.72 Å². The molecular formula is C17H20ClN9O3. The number of carbonyl (C=O) groups is 1. The molecule has 1 aromatic carbocycles. The van der Waals surface area contributed by atoms with Gasteiger partial charge in [-0.1, -0.05) is 11.3 Å². The minimum Gasteiger partial charge on any atom is -0.317 e. The number of nitro benzene ring substituents is 1. The number of aryl methyl sites for hydroxylation is 1. The Morgan fingerprint density at radius 2 is 2.10 bits per heavy atom. The summed E-state index contributed by atoms with van der Waals surface area (Å²) in [5.41, 5.74) is 0.411. The number of nitro groups is 1. The Labute approximate surface area is 177 Å². The van der Waals surface area contributed by atoms with E-state index in [1.165, 1.54) is 33.8 Å². The van der Waals surface area contributed by atoms with Crippen molar-refractivity contribution in [2.24, 2.45) is 7.05 Å². The first-order valence-electron chi connectivity index (χ1n) is 9.11. The van der Waals surface area contributed by atoms with Crippen LogP contribution in [0, 0.1) is 10.1 Å². The molecule has 158 valence electrons. The van der Waals surface area contributed by atoms with Crippen LogP contribution in [0.4, 0.5) is 11.6 Å². The zero-order valence-electron chi connectivity index (χ0n) is 16.1. The van der Waals surface area contributed by atoms with Crippen LogP contribution in [-0.4, -0.2) is 53.7 Å². The molecular weight excluding hydrogens is 414 g/mol. The number of benzene rings is 1. The first kappa shape index (κ1) is 21.3. The highest BCUT2D eigenvalue weighted by molar-refractivity contribution is 6.01. The van der Waals surface area contributed by atoms with Gasteiger partial charge in [0.05, 0.1) is 16.8 Å². The van der Waals surface area contributed by atoms with E-state index in [9.17, 15) is 14.9 Å². The van der Waals surface area contributed by atoms with Crippen molar-refractivity contribution in [1.29, 1.82) is 0 Å². The molecule has 4 rings (SSSR count). The summed E-state index contributed by atoms with van der Waals surface area (Å²) in [6, 6.07) is 5.90. The second-order valence-corrected chi connectivity index (χ2v) is 6.72. The second-order valence-electron chi connectivity index (χ2n) is 6.72. The van der Waals surface area contributed by atoms with Crippen LogP contribution in [0.15, 0.2) is 30.5 Å². The Hall–Kier alpha value is -3.38. The predicted molar refractivity (Wildman–Crippen MR) is 109 cm³/mol. The van der Waals surface area contributed by atoms with Crippen LogP contribution in [0.1, 0.15) is 35.1 Å². The summed E-state index contributed by atoms with van der Waals surface area (Å²) < 4.78 is 2.83. The van der Waals surface area contributed by atoms with Gasteiger partial charge in [-0.25, -0.2) is 9.36 Å². The van der Waals surface area contributed by atoms with Crippen molar-refractivity contribution in [3.63, 3.8) is 0 Å². The molecule has 0 radical (unpaired) electrons. The van der Waals surface area contributed by atoms with Gasteiger partial charge in [0, 0.05) is 25.1 Å². The molecule has 0 atom stereocenters.